The third kappa shape index (κ3) is 4.88. The monoisotopic (exact) mass is 364 g/mol. The molecular weight excluding hydrogens is 346 g/mol. The first kappa shape index (κ1) is 17.6. The normalized spacial score (nSPS) is 15.4. The van der Waals surface area contributed by atoms with Crippen molar-refractivity contribution in [2.24, 2.45) is 0 Å². The van der Waals surface area contributed by atoms with Gasteiger partial charge in [-0.25, -0.2) is 9.97 Å². The molecule has 5 nitrogen and oxygen atoms in total. The Bertz CT molecular complexity index is 692. The van der Waals surface area contributed by atoms with Crippen molar-refractivity contribution in [3.8, 4) is 0 Å². The number of rotatable bonds is 5. The van der Waals surface area contributed by atoms with Crippen LogP contribution in [0.4, 0.5) is 14.7 Å². The Balaban J connectivity index is 1.51. The van der Waals surface area contributed by atoms with Crippen LogP contribution in [0.3, 0.4) is 0 Å². The summed E-state index contributed by atoms with van der Waals surface area (Å²) in [5, 5.41) is 3.01. The van der Waals surface area contributed by atoms with Gasteiger partial charge in [0.05, 0.1) is 0 Å². The van der Waals surface area contributed by atoms with Gasteiger partial charge in [0, 0.05) is 42.0 Å². The smallest absolute Gasteiger partial charge is 0.288 e. The van der Waals surface area contributed by atoms with Crippen molar-refractivity contribution in [2.75, 3.05) is 18.0 Å². The number of anilines is 1. The van der Waals surface area contributed by atoms with Crippen molar-refractivity contribution < 1.29 is 13.6 Å². The average Bonchev–Trinajstić information content (AvgIpc) is 2.63. The number of amides is 1. The van der Waals surface area contributed by atoms with E-state index in [9.17, 15) is 13.6 Å². The quantitative estimate of drug-likeness (QED) is 0.826. The van der Waals surface area contributed by atoms with E-state index >= 15 is 0 Å². The molecule has 0 unspecified atom stereocenters. The first-order chi connectivity index (χ1) is 12.1. The lowest BCUT2D eigenvalue weighted by molar-refractivity contribution is 0.0931. The van der Waals surface area contributed by atoms with E-state index in [0.717, 1.165) is 25.9 Å². The summed E-state index contributed by atoms with van der Waals surface area (Å²) < 4.78 is 24.6. The number of carbonyl (C=O) groups excluding carboxylic acids is 1. The molecule has 8 heteroatoms. The van der Waals surface area contributed by atoms with E-state index in [1.165, 1.54) is 0 Å². The molecule has 132 valence electrons. The zero-order chi connectivity index (χ0) is 17.6. The predicted molar refractivity (Wildman–Crippen MR) is 93.0 cm³/mol. The number of nitrogens with one attached hydrogen (secondary N) is 1. The van der Waals surface area contributed by atoms with Crippen LogP contribution in [0.5, 0.6) is 0 Å². The molecule has 2 aromatic rings. The number of hydrogen-bond acceptors (Lipinski definition) is 5. The summed E-state index contributed by atoms with van der Waals surface area (Å²) >= 11 is 0.470. The Hall–Kier alpha value is -2.22. The van der Waals surface area contributed by atoms with Gasteiger partial charge >= 0.3 is 0 Å². The fraction of sp³-hybridized carbons (Fsp3) is 0.353. The predicted octanol–water partition coefficient (Wildman–Crippen LogP) is 3.19. The molecule has 1 N–H and O–H groups in total. The Kier molecular flexibility index (Phi) is 5.80. The molecule has 3 rings (SSSR count). The van der Waals surface area contributed by atoms with E-state index in [1.54, 1.807) is 42.7 Å². The number of carbonyl (C=O) groups is 1. The van der Waals surface area contributed by atoms with Crippen LogP contribution < -0.4 is 10.2 Å². The zero-order valence-corrected chi connectivity index (χ0v) is 14.3. The maximum atomic E-state index is 12.3. The molecule has 25 heavy (non-hydrogen) atoms. The summed E-state index contributed by atoms with van der Waals surface area (Å²) in [7, 11) is 0. The highest BCUT2D eigenvalue weighted by Gasteiger charge is 2.22. The van der Waals surface area contributed by atoms with Gasteiger partial charge in [0.1, 0.15) is 0 Å². The van der Waals surface area contributed by atoms with Crippen LogP contribution in [0, 0.1) is 0 Å². The number of nitrogens with zero attached hydrogens (tertiary/aromatic N) is 3. The fourth-order valence-corrected chi connectivity index (χ4v) is 3.23. The largest absolute Gasteiger partial charge is 0.349 e. The van der Waals surface area contributed by atoms with E-state index in [4.69, 9.17) is 0 Å². The van der Waals surface area contributed by atoms with Crippen LogP contribution in [0.15, 0.2) is 47.6 Å². The Morgan fingerprint density at radius 2 is 1.80 bits per heavy atom. The molecule has 1 aliphatic rings. The van der Waals surface area contributed by atoms with Crippen LogP contribution in [0.2, 0.25) is 0 Å². The third-order valence-electron chi connectivity index (χ3n) is 4.01. The van der Waals surface area contributed by atoms with Gasteiger partial charge in [-0.2, -0.15) is 8.78 Å². The number of hydrogen-bond donors (Lipinski definition) is 1. The Morgan fingerprint density at radius 1 is 1.16 bits per heavy atom. The second kappa shape index (κ2) is 8.24. The van der Waals surface area contributed by atoms with Gasteiger partial charge in [0.25, 0.3) is 11.7 Å². The topological polar surface area (TPSA) is 58.1 Å². The van der Waals surface area contributed by atoms with Gasteiger partial charge in [-0.15, -0.1) is 0 Å². The van der Waals surface area contributed by atoms with Gasteiger partial charge in [-0.05, 0) is 43.2 Å². The Morgan fingerprint density at radius 3 is 2.40 bits per heavy atom. The lowest BCUT2D eigenvalue weighted by Crippen LogP contribution is -2.45. The van der Waals surface area contributed by atoms with E-state index in [1.807, 2.05) is 0 Å². The fourth-order valence-electron chi connectivity index (χ4n) is 2.73. The summed E-state index contributed by atoms with van der Waals surface area (Å²) in [6.45, 7) is 1.55. The molecule has 0 radical (unpaired) electrons. The van der Waals surface area contributed by atoms with Gasteiger partial charge in [-0.3, -0.25) is 4.79 Å². The van der Waals surface area contributed by atoms with Crippen molar-refractivity contribution in [3.05, 3.63) is 48.3 Å². The SMILES string of the molecule is O=C(NC1CCN(c2ncccn2)CC1)c1ccc(SC(F)F)cc1. The highest BCUT2D eigenvalue weighted by atomic mass is 32.2. The summed E-state index contributed by atoms with van der Waals surface area (Å²) in [5.74, 6) is -1.93. The van der Waals surface area contributed by atoms with Gasteiger partial charge in [-0.1, -0.05) is 11.8 Å². The maximum Gasteiger partial charge on any atom is 0.288 e. The summed E-state index contributed by atoms with van der Waals surface area (Å²) in [6, 6.07) is 8.10. The van der Waals surface area contributed by atoms with Gasteiger partial charge in [0.2, 0.25) is 5.95 Å². The van der Waals surface area contributed by atoms with Crippen LogP contribution >= 0.6 is 11.8 Å². The highest BCUT2D eigenvalue weighted by Crippen LogP contribution is 2.25. The van der Waals surface area contributed by atoms with E-state index < -0.39 is 5.76 Å². The van der Waals surface area contributed by atoms with Crippen molar-refractivity contribution in [1.82, 2.24) is 15.3 Å². The molecule has 1 aromatic heterocycles. The molecule has 0 bridgehead atoms. The number of halogens is 2. The lowest BCUT2D eigenvalue weighted by Gasteiger charge is -2.32. The molecule has 1 fully saturated rings. The van der Waals surface area contributed by atoms with Crippen LogP contribution in [-0.4, -0.2) is 40.8 Å². The molecule has 1 saturated heterocycles. The van der Waals surface area contributed by atoms with Crippen LogP contribution in [-0.2, 0) is 0 Å². The zero-order valence-electron chi connectivity index (χ0n) is 13.4. The first-order valence-electron chi connectivity index (χ1n) is 7.99. The van der Waals surface area contributed by atoms with Crippen LogP contribution in [0.1, 0.15) is 23.2 Å². The molecule has 0 spiro atoms. The number of aromatic nitrogens is 2. The van der Waals surface area contributed by atoms with E-state index in [0.29, 0.717) is 28.2 Å². The molecule has 0 aliphatic carbocycles. The summed E-state index contributed by atoms with van der Waals surface area (Å²) in [5.41, 5.74) is 0.479. The molecule has 2 heterocycles. The van der Waals surface area contributed by atoms with E-state index in [-0.39, 0.29) is 11.9 Å². The van der Waals surface area contributed by atoms with Crippen molar-refractivity contribution in [2.45, 2.75) is 29.5 Å². The second-order valence-electron chi connectivity index (χ2n) is 5.69. The molecule has 0 saturated carbocycles. The third-order valence-corrected chi connectivity index (χ3v) is 4.73. The minimum Gasteiger partial charge on any atom is -0.349 e. The van der Waals surface area contributed by atoms with Crippen molar-refractivity contribution >= 4 is 23.6 Å². The second-order valence-corrected chi connectivity index (χ2v) is 6.75. The lowest BCUT2D eigenvalue weighted by atomic mass is 10.0. The van der Waals surface area contributed by atoms with Gasteiger partial charge < -0.3 is 10.2 Å². The number of thioether (sulfide) groups is 1. The molecule has 1 amide bonds. The number of alkyl halides is 2. The maximum absolute atomic E-state index is 12.3. The summed E-state index contributed by atoms with van der Waals surface area (Å²) in [4.78, 5) is 23.3. The molecule has 0 atom stereocenters. The minimum absolute atomic E-state index is 0.0857. The van der Waals surface area contributed by atoms with Crippen molar-refractivity contribution in [1.29, 1.82) is 0 Å². The number of benzene rings is 1. The number of piperidine rings is 1. The average molecular weight is 364 g/mol. The molecule has 1 aliphatic heterocycles. The summed E-state index contributed by atoms with van der Waals surface area (Å²) in [6.07, 6.45) is 5.05. The van der Waals surface area contributed by atoms with Gasteiger partial charge in [0.15, 0.2) is 0 Å². The molecular formula is C17H18F2N4OS. The molecule has 1 aromatic carbocycles. The standard InChI is InChI=1S/C17H18F2N4OS/c18-16(19)25-14-4-2-12(3-5-14)15(24)22-13-6-10-23(11-7-13)17-20-8-1-9-21-17/h1-5,8-9,13,16H,6-7,10-11H2,(H,22,24). The highest BCUT2D eigenvalue weighted by molar-refractivity contribution is 7.99. The minimum atomic E-state index is -2.46. The Labute approximate surface area is 148 Å². The van der Waals surface area contributed by atoms with E-state index in [2.05, 4.69) is 20.2 Å². The first-order valence-corrected chi connectivity index (χ1v) is 8.87. The van der Waals surface area contributed by atoms with Crippen LogP contribution in [0.25, 0.3) is 0 Å². The van der Waals surface area contributed by atoms with Crippen molar-refractivity contribution in [3.63, 3.8) is 0 Å².